The van der Waals surface area contributed by atoms with Crippen LogP contribution in [0.15, 0.2) is 42.7 Å². The third-order valence-corrected chi connectivity index (χ3v) is 5.07. The molecular formula is C21H30N4O. The zero-order valence-corrected chi connectivity index (χ0v) is 15.7. The second-order valence-electron chi connectivity index (χ2n) is 7.17. The van der Waals surface area contributed by atoms with Crippen molar-refractivity contribution in [1.29, 1.82) is 0 Å². The molecule has 0 spiro atoms. The molecule has 1 aromatic heterocycles. The Hall–Kier alpha value is -2.14. The van der Waals surface area contributed by atoms with E-state index in [0.29, 0.717) is 19.0 Å². The molecule has 1 saturated heterocycles. The minimum atomic E-state index is 0.101. The van der Waals surface area contributed by atoms with Crippen molar-refractivity contribution in [3.05, 3.63) is 54.1 Å². The van der Waals surface area contributed by atoms with E-state index >= 15 is 0 Å². The van der Waals surface area contributed by atoms with Crippen molar-refractivity contribution in [3.63, 3.8) is 0 Å². The molecule has 1 atom stereocenters. The SMILES string of the molecule is CCCCn1ccnc1[C@H]1CCCN(CC(=O)NCc2ccccc2)C1. The van der Waals surface area contributed by atoms with Gasteiger partial charge in [-0.05, 0) is 31.4 Å². The highest BCUT2D eigenvalue weighted by Gasteiger charge is 2.25. The maximum Gasteiger partial charge on any atom is 0.234 e. The van der Waals surface area contributed by atoms with Gasteiger partial charge in [-0.25, -0.2) is 4.98 Å². The highest BCUT2D eigenvalue weighted by molar-refractivity contribution is 5.78. The third-order valence-electron chi connectivity index (χ3n) is 5.07. The predicted octanol–water partition coefficient (Wildman–Crippen LogP) is 3.18. The lowest BCUT2D eigenvalue weighted by Gasteiger charge is -2.32. The molecule has 140 valence electrons. The summed E-state index contributed by atoms with van der Waals surface area (Å²) in [5.74, 6) is 1.72. The first-order valence-electron chi connectivity index (χ1n) is 9.80. The second kappa shape index (κ2) is 9.53. The number of carbonyl (C=O) groups is 1. The summed E-state index contributed by atoms with van der Waals surface area (Å²) in [6.45, 7) is 6.23. The molecule has 5 heteroatoms. The van der Waals surface area contributed by atoms with Gasteiger partial charge >= 0.3 is 0 Å². The second-order valence-corrected chi connectivity index (χ2v) is 7.17. The van der Waals surface area contributed by atoms with Crippen LogP contribution in [-0.4, -0.2) is 40.0 Å². The molecule has 2 aromatic rings. The normalized spacial score (nSPS) is 18.0. The molecule has 0 aliphatic carbocycles. The van der Waals surface area contributed by atoms with Gasteiger partial charge in [0, 0.05) is 37.9 Å². The van der Waals surface area contributed by atoms with Crippen LogP contribution in [0.4, 0.5) is 0 Å². The fourth-order valence-electron chi connectivity index (χ4n) is 3.66. The van der Waals surface area contributed by atoms with Gasteiger partial charge in [-0.3, -0.25) is 9.69 Å². The minimum Gasteiger partial charge on any atom is -0.351 e. The number of nitrogens with zero attached hydrogens (tertiary/aromatic N) is 3. The Morgan fingerprint density at radius 1 is 1.31 bits per heavy atom. The van der Waals surface area contributed by atoms with Crippen molar-refractivity contribution >= 4 is 5.91 Å². The van der Waals surface area contributed by atoms with E-state index in [-0.39, 0.29) is 5.91 Å². The third kappa shape index (κ3) is 5.18. The van der Waals surface area contributed by atoms with Crippen molar-refractivity contribution in [3.8, 4) is 0 Å². The monoisotopic (exact) mass is 354 g/mol. The van der Waals surface area contributed by atoms with Crippen molar-refractivity contribution in [1.82, 2.24) is 19.8 Å². The molecule has 1 N–H and O–H groups in total. The lowest BCUT2D eigenvalue weighted by molar-refractivity contribution is -0.122. The topological polar surface area (TPSA) is 50.2 Å². The van der Waals surface area contributed by atoms with Crippen LogP contribution in [0.3, 0.4) is 0 Å². The first-order valence-corrected chi connectivity index (χ1v) is 9.80. The van der Waals surface area contributed by atoms with Crippen LogP contribution >= 0.6 is 0 Å². The van der Waals surface area contributed by atoms with Gasteiger partial charge in [0.2, 0.25) is 5.91 Å². The number of carbonyl (C=O) groups excluding carboxylic acids is 1. The Kier molecular flexibility index (Phi) is 6.83. The summed E-state index contributed by atoms with van der Waals surface area (Å²) in [5.41, 5.74) is 1.13. The molecule has 5 nitrogen and oxygen atoms in total. The average molecular weight is 354 g/mol. The molecule has 1 aromatic carbocycles. The Morgan fingerprint density at radius 2 is 2.15 bits per heavy atom. The lowest BCUT2D eigenvalue weighted by atomic mass is 9.97. The van der Waals surface area contributed by atoms with Gasteiger partial charge in [0.25, 0.3) is 0 Å². The van der Waals surface area contributed by atoms with E-state index in [1.165, 1.54) is 18.7 Å². The quantitative estimate of drug-likeness (QED) is 0.792. The van der Waals surface area contributed by atoms with Gasteiger partial charge in [-0.1, -0.05) is 43.7 Å². The first-order chi connectivity index (χ1) is 12.8. The standard InChI is InChI=1S/C21H30N4O/c1-2-3-13-25-14-11-22-21(25)19-10-7-12-24(16-19)17-20(26)23-15-18-8-5-4-6-9-18/h4-6,8-9,11,14,19H,2-3,7,10,12-13,15-17H2,1H3,(H,23,26)/t19-/m0/s1. The molecule has 1 amide bonds. The van der Waals surface area contributed by atoms with Crippen molar-refractivity contribution < 1.29 is 4.79 Å². The number of hydrogen-bond donors (Lipinski definition) is 1. The molecular weight excluding hydrogens is 324 g/mol. The smallest absolute Gasteiger partial charge is 0.234 e. The van der Waals surface area contributed by atoms with Crippen molar-refractivity contribution in [2.75, 3.05) is 19.6 Å². The molecule has 0 unspecified atom stereocenters. The number of aryl methyl sites for hydroxylation is 1. The van der Waals surface area contributed by atoms with Crippen LogP contribution in [-0.2, 0) is 17.9 Å². The van der Waals surface area contributed by atoms with E-state index in [2.05, 4.69) is 32.9 Å². The van der Waals surface area contributed by atoms with Crippen molar-refractivity contribution in [2.24, 2.45) is 0 Å². The largest absolute Gasteiger partial charge is 0.351 e. The Labute approximate surface area is 156 Å². The maximum atomic E-state index is 12.3. The Balaban J connectivity index is 1.50. The van der Waals surface area contributed by atoms with Crippen LogP contribution in [0.5, 0.6) is 0 Å². The number of amides is 1. The van der Waals surface area contributed by atoms with E-state index in [0.717, 1.165) is 38.0 Å². The molecule has 1 aliphatic heterocycles. The number of likely N-dealkylation sites (tertiary alicyclic amines) is 1. The Morgan fingerprint density at radius 3 is 2.96 bits per heavy atom. The van der Waals surface area contributed by atoms with E-state index < -0.39 is 0 Å². The van der Waals surface area contributed by atoms with E-state index in [1.807, 2.05) is 36.5 Å². The fraction of sp³-hybridized carbons (Fsp3) is 0.524. The van der Waals surface area contributed by atoms with Gasteiger partial charge in [0.1, 0.15) is 5.82 Å². The summed E-state index contributed by atoms with van der Waals surface area (Å²) < 4.78 is 2.30. The van der Waals surface area contributed by atoms with Gasteiger partial charge in [-0.15, -0.1) is 0 Å². The molecule has 3 rings (SSSR count). The van der Waals surface area contributed by atoms with Crippen LogP contribution in [0.2, 0.25) is 0 Å². The zero-order valence-electron chi connectivity index (χ0n) is 15.7. The summed E-state index contributed by atoms with van der Waals surface area (Å²) in [4.78, 5) is 19.2. The van der Waals surface area contributed by atoms with E-state index in [1.54, 1.807) is 0 Å². The lowest BCUT2D eigenvalue weighted by Crippen LogP contribution is -2.42. The molecule has 0 bridgehead atoms. The highest BCUT2D eigenvalue weighted by Crippen LogP contribution is 2.25. The predicted molar refractivity (Wildman–Crippen MR) is 104 cm³/mol. The number of aromatic nitrogens is 2. The summed E-state index contributed by atoms with van der Waals surface area (Å²) in [5, 5.41) is 3.03. The number of rotatable bonds is 8. The molecule has 2 heterocycles. The minimum absolute atomic E-state index is 0.101. The molecule has 26 heavy (non-hydrogen) atoms. The Bertz CT molecular complexity index is 682. The van der Waals surface area contributed by atoms with E-state index in [9.17, 15) is 4.79 Å². The van der Waals surface area contributed by atoms with Crippen LogP contribution in [0.1, 0.15) is 49.9 Å². The number of nitrogens with one attached hydrogen (secondary N) is 1. The average Bonchev–Trinajstić information content (AvgIpc) is 3.14. The number of piperidine rings is 1. The number of unbranched alkanes of at least 4 members (excludes halogenated alkanes) is 1. The number of benzene rings is 1. The molecule has 1 aliphatic rings. The van der Waals surface area contributed by atoms with Crippen LogP contribution < -0.4 is 5.32 Å². The number of hydrogen-bond acceptors (Lipinski definition) is 3. The zero-order chi connectivity index (χ0) is 18.2. The van der Waals surface area contributed by atoms with Crippen LogP contribution in [0.25, 0.3) is 0 Å². The molecule has 0 radical (unpaired) electrons. The molecule has 0 saturated carbocycles. The number of imidazole rings is 1. The van der Waals surface area contributed by atoms with Crippen molar-refractivity contribution in [2.45, 2.75) is 51.6 Å². The molecule has 1 fully saturated rings. The summed E-state index contributed by atoms with van der Waals surface area (Å²) in [6.07, 6.45) is 8.66. The van der Waals surface area contributed by atoms with Crippen LogP contribution in [0, 0.1) is 0 Å². The maximum absolute atomic E-state index is 12.3. The first kappa shape index (κ1) is 18.6. The highest BCUT2D eigenvalue weighted by atomic mass is 16.2. The van der Waals surface area contributed by atoms with E-state index in [4.69, 9.17) is 0 Å². The summed E-state index contributed by atoms with van der Waals surface area (Å²) >= 11 is 0. The summed E-state index contributed by atoms with van der Waals surface area (Å²) in [6, 6.07) is 10.1. The summed E-state index contributed by atoms with van der Waals surface area (Å²) in [7, 11) is 0. The van der Waals surface area contributed by atoms with Gasteiger partial charge in [0.05, 0.1) is 6.54 Å². The van der Waals surface area contributed by atoms with Gasteiger partial charge in [-0.2, -0.15) is 0 Å². The van der Waals surface area contributed by atoms with Gasteiger partial charge < -0.3 is 9.88 Å². The fourth-order valence-corrected chi connectivity index (χ4v) is 3.66. The van der Waals surface area contributed by atoms with Gasteiger partial charge in [0.15, 0.2) is 0 Å².